The molecular formula is C13H19FN2O2. The molecule has 0 aliphatic heterocycles. The lowest BCUT2D eigenvalue weighted by Gasteiger charge is -2.30. The first-order chi connectivity index (χ1) is 8.33. The first kappa shape index (κ1) is 14.3. The number of hydrogen-bond acceptors (Lipinski definition) is 3. The van der Waals surface area contributed by atoms with Gasteiger partial charge >= 0.3 is 5.97 Å². The van der Waals surface area contributed by atoms with Gasteiger partial charge in [-0.05, 0) is 31.9 Å². The molecule has 0 fully saturated rings. The Hall–Kier alpha value is -1.78. The maximum absolute atomic E-state index is 13.8. The van der Waals surface area contributed by atoms with Gasteiger partial charge in [0.15, 0.2) is 0 Å². The highest BCUT2D eigenvalue weighted by atomic mass is 19.1. The van der Waals surface area contributed by atoms with Crippen LogP contribution in [0.1, 0.15) is 44.0 Å². The van der Waals surface area contributed by atoms with Gasteiger partial charge in [0.1, 0.15) is 5.82 Å². The van der Waals surface area contributed by atoms with E-state index in [0.717, 1.165) is 18.9 Å². The molecule has 0 bridgehead atoms. The standard InChI is InChI=1S/C13H19FN2O2/c1-4-13(3,5-2)16-11-6-8(12(17)18)10(15)7-9(11)14/h6-7,16H,4-5,15H2,1-3H3,(H,17,18). The second-order valence-corrected chi connectivity index (χ2v) is 4.62. The van der Waals surface area contributed by atoms with Gasteiger partial charge in [-0.1, -0.05) is 13.8 Å². The lowest BCUT2D eigenvalue weighted by atomic mass is 9.95. The van der Waals surface area contributed by atoms with Gasteiger partial charge in [-0.2, -0.15) is 0 Å². The van der Waals surface area contributed by atoms with Crippen LogP contribution in [0, 0.1) is 5.82 Å². The van der Waals surface area contributed by atoms with Crippen LogP contribution >= 0.6 is 0 Å². The Kier molecular flexibility index (Phi) is 4.16. The summed E-state index contributed by atoms with van der Waals surface area (Å²) in [7, 11) is 0. The second-order valence-electron chi connectivity index (χ2n) is 4.62. The fourth-order valence-corrected chi connectivity index (χ4v) is 1.62. The van der Waals surface area contributed by atoms with E-state index < -0.39 is 11.8 Å². The highest BCUT2D eigenvalue weighted by Gasteiger charge is 2.22. The number of benzene rings is 1. The van der Waals surface area contributed by atoms with Crippen LogP contribution in [0.5, 0.6) is 0 Å². The summed E-state index contributed by atoms with van der Waals surface area (Å²) in [6, 6.07) is 2.29. The Balaban J connectivity index is 3.17. The third-order valence-corrected chi connectivity index (χ3v) is 3.37. The van der Waals surface area contributed by atoms with E-state index in [2.05, 4.69) is 5.32 Å². The summed E-state index contributed by atoms with van der Waals surface area (Å²) in [5.41, 5.74) is 5.22. The molecule has 0 unspecified atom stereocenters. The van der Waals surface area contributed by atoms with Crippen molar-refractivity contribution in [3.05, 3.63) is 23.5 Å². The van der Waals surface area contributed by atoms with Gasteiger partial charge in [0, 0.05) is 11.2 Å². The molecule has 4 nitrogen and oxygen atoms in total. The van der Waals surface area contributed by atoms with Crippen LogP contribution in [0.2, 0.25) is 0 Å². The first-order valence-corrected chi connectivity index (χ1v) is 5.93. The maximum Gasteiger partial charge on any atom is 0.337 e. The predicted molar refractivity (Wildman–Crippen MR) is 70.4 cm³/mol. The van der Waals surface area contributed by atoms with E-state index in [1.807, 2.05) is 20.8 Å². The zero-order valence-corrected chi connectivity index (χ0v) is 10.9. The highest BCUT2D eigenvalue weighted by Crippen LogP contribution is 2.27. The third-order valence-electron chi connectivity index (χ3n) is 3.37. The van der Waals surface area contributed by atoms with Gasteiger partial charge in [-0.25, -0.2) is 9.18 Å². The average molecular weight is 254 g/mol. The van der Waals surface area contributed by atoms with Crippen LogP contribution in [-0.2, 0) is 0 Å². The Morgan fingerprint density at radius 3 is 2.44 bits per heavy atom. The fraction of sp³-hybridized carbons (Fsp3) is 0.462. The molecule has 0 heterocycles. The lowest BCUT2D eigenvalue weighted by Crippen LogP contribution is -2.33. The molecule has 1 aromatic carbocycles. The minimum Gasteiger partial charge on any atom is -0.478 e. The number of rotatable bonds is 5. The molecule has 0 aromatic heterocycles. The molecule has 0 spiro atoms. The molecule has 1 aromatic rings. The summed E-state index contributed by atoms with van der Waals surface area (Å²) in [5.74, 6) is -1.70. The van der Waals surface area contributed by atoms with Crippen molar-refractivity contribution in [3.63, 3.8) is 0 Å². The lowest BCUT2D eigenvalue weighted by molar-refractivity contribution is 0.0698. The van der Waals surface area contributed by atoms with E-state index in [0.29, 0.717) is 0 Å². The van der Waals surface area contributed by atoms with E-state index in [1.165, 1.54) is 6.07 Å². The van der Waals surface area contributed by atoms with Crippen molar-refractivity contribution < 1.29 is 14.3 Å². The van der Waals surface area contributed by atoms with Gasteiger partial charge in [-0.15, -0.1) is 0 Å². The molecule has 18 heavy (non-hydrogen) atoms. The molecule has 0 saturated carbocycles. The Morgan fingerprint density at radius 1 is 1.44 bits per heavy atom. The fourth-order valence-electron chi connectivity index (χ4n) is 1.62. The van der Waals surface area contributed by atoms with Crippen molar-refractivity contribution in [2.24, 2.45) is 0 Å². The summed E-state index contributed by atoms with van der Waals surface area (Å²) in [5, 5.41) is 12.0. The molecule has 0 radical (unpaired) electrons. The molecule has 0 aliphatic rings. The molecule has 1 rings (SSSR count). The summed E-state index contributed by atoms with van der Waals surface area (Å²) in [6.07, 6.45) is 1.60. The van der Waals surface area contributed by atoms with Crippen LogP contribution in [0.25, 0.3) is 0 Å². The van der Waals surface area contributed by atoms with Crippen molar-refractivity contribution >= 4 is 17.3 Å². The van der Waals surface area contributed by atoms with Crippen molar-refractivity contribution in [1.82, 2.24) is 0 Å². The van der Waals surface area contributed by atoms with Crippen LogP contribution in [0.4, 0.5) is 15.8 Å². The number of carbonyl (C=O) groups is 1. The first-order valence-electron chi connectivity index (χ1n) is 5.93. The molecule has 4 N–H and O–H groups in total. The third kappa shape index (κ3) is 2.91. The summed E-state index contributed by atoms with van der Waals surface area (Å²) in [4.78, 5) is 11.0. The largest absolute Gasteiger partial charge is 0.478 e. The SMILES string of the molecule is CCC(C)(CC)Nc1cc(C(=O)O)c(N)cc1F. The maximum atomic E-state index is 13.8. The number of aromatic carboxylic acids is 1. The molecule has 100 valence electrons. The van der Waals surface area contributed by atoms with E-state index in [1.54, 1.807) is 0 Å². The van der Waals surface area contributed by atoms with Crippen LogP contribution in [0.15, 0.2) is 12.1 Å². The minimum atomic E-state index is -1.16. The summed E-state index contributed by atoms with van der Waals surface area (Å²) in [6.45, 7) is 5.94. The van der Waals surface area contributed by atoms with Crippen molar-refractivity contribution in [2.45, 2.75) is 39.2 Å². The van der Waals surface area contributed by atoms with Gasteiger partial charge in [0.2, 0.25) is 0 Å². The molecule has 0 atom stereocenters. The topological polar surface area (TPSA) is 75.3 Å². The average Bonchev–Trinajstić information content (AvgIpc) is 2.32. The number of nitrogens with two attached hydrogens (primary N) is 1. The van der Waals surface area contributed by atoms with E-state index in [9.17, 15) is 9.18 Å². The zero-order chi connectivity index (χ0) is 13.9. The predicted octanol–water partition coefficient (Wildman–Crippen LogP) is 3.10. The number of anilines is 2. The molecule has 5 heteroatoms. The molecule has 0 amide bonds. The second kappa shape index (κ2) is 5.25. The number of halogens is 1. The normalized spacial score (nSPS) is 11.3. The number of carboxylic acids is 1. The molecule has 0 aliphatic carbocycles. The Labute approximate surface area is 106 Å². The van der Waals surface area contributed by atoms with Crippen LogP contribution in [0.3, 0.4) is 0 Å². The van der Waals surface area contributed by atoms with Gasteiger partial charge in [0.25, 0.3) is 0 Å². The van der Waals surface area contributed by atoms with Gasteiger partial charge in [-0.3, -0.25) is 0 Å². The Bertz CT molecular complexity index is 457. The van der Waals surface area contributed by atoms with Crippen molar-refractivity contribution in [1.29, 1.82) is 0 Å². The van der Waals surface area contributed by atoms with Gasteiger partial charge < -0.3 is 16.2 Å². The van der Waals surface area contributed by atoms with Crippen LogP contribution < -0.4 is 11.1 Å². The highest BCUT2D eigenvalue weighted by molar-refractivity contribution is 5.94. The summed E-state index contributed by atoms with van der Waals surface area (Å²) >= 11 is 0. The van der Waals surface area contributed by atoms with Crippen molar-refractivity contribution in [3.8, 4) is 0 Å². The zero-order valence-electron chi connectivity index (χ0n) is 10.9. The molecular weight excluding hydrogens is 235 g/mol. The molecule has 0 saturated heterocycles. The number of nitrogens with one attached hydrogen (secondary N) is 1. The monoisotopic (exact) mass is 254 g/mol. The number of nitrogen functional groups attached to an aromatic ring is 1. The minimum absolute atomic E-state index is 0.0692. The smallest absolute Gasteiger partial charge is 0.337 e. The van der Waals surface area contributed by atoms with E-state index >= 15 is 0 Å². The Morgan fingerprint density at radius 2 is 2.00 bits per heavy atom. The summed E-state index contributed by atoms with van der Waals surface area (Å²) < 4.78 is 13.8. The van der Waals surface area contributed by atoms with E-state index in [4.69, 9.17) is 10.8 Å². The number of carboxylic acid groups (broad SMARTS) is 1. The van der Waals surface area contributed by atoms with Crippen molar-refractivity contribution in [2.75, 3.05) is 11.1 Å². The number of hydrogen-bond donors (Lipinski definition) is 3. The van der Waals surface area contributed by atoms with Crippen LogP contribution in [-0.4, -0.2) is 16.6 Å². The quantitative estimate of drug-likeness (QED) is 0.706. The van der Waals surface area contributed by atoms with Gasteiger partial charge in [0.05, 0.1) is 11.3 Å². The van der Waals surface area contributed by atoms with E-state index in [-0.39, 0.29) is 22.5 Å².